The van der Waals surface area contributed by atoms with Crippen molar-refractivity contribution in [2.45, 2.75) is 77.1 Å². The molecule has 0 aliphatic carbocycles. The van der Waals surface area contributed by atoms with E-state index >= 15 is 0 Å². The normalized spacial score (nSPS) is 13.5. The Labute approximate surface area is 162 Å². The van der Waals surface area contributed by atoms with E-state index in [2.05, 4.69) is 4.74 Å². The van der Waals surface area contributed by atoms with Crippen molar-refractivity contribution < 1.29 is 54.2 Å². The lowest BCUT2D eigenvalue weighted by molar-refractivity contribution is -0.344. The van der Waals surface area contributed by atoms with Gasteiger partial charge in [0.2, 0.25) is 0 Å². The first-order valence-electron chi connectivity index (χ1n) is 8.93. The predicted molar refractivity (Wildman–Crippen MR) is 85.3 cm³/mol. The second kappa shape index (κ2) is 10.4. The molecule has 0 bridgehead atoms. The van der Waals surface area contributed by atoms with Crippen molar-refractivity contribution in [1.82, 2.24) is 0 Å². The van der Waals surface area contributed by atoms with Crippen molar-refractivity contribution in [3.63, 3.8) is 0 Å². The van der Waals surface area contributed by atoms with E-state index in [0.717, 1.165) is 6.42 Å². The molecule has 0 aliphatic rings. The highest BCUT2D eigenvalue weighted by atomic mass is 19.4. The van der Waals surface area contributed by atoms with Crippen LogP contribution in [0.4, 0.5) is 35.1 Å². The fourth-order valence-electron chi connectivity index (χ4n) is 2.33. The second-order valence-corrected chi connectivity index (χ2v) is 6.41. The summed E-state index contributed by atoms with van der Waals surface area (Å²) in [6, 6.07) is 0. The van der Waals surface area contributed by atoms with Crippen LogP contribution >= 0.6 is 0 Å². The molecule has 0 heterocycles. The summed E-state index contributed by atoms with van der Waals surface area (Å²) in [6.45, 7) is 1.77. The van der Waals surface area contributed by atoms with Gasteiger partial charge in [0.1, 0.15) is 0 Å². The maximum absolute atomic E-state index is 13.5. The zero-order valence-electron chi connectivity index (χ0n) is 16.2. The van der Waals surface area contributed by atoms with Gasteiger partial charge in [-0.3, -0.25) is 9.59 Å². The standard InChI is InChI=1S/C17H24F8O4/c1-4-7-8-9-28-12(26)14(5-2,6-3)13(27)29-10-15(20,21)17(24,25)16(22,23)11(18)19/h11H,4-10H2,1-3H3. The van der Waals surface area contributed by atoms with Gasteiger partial charge in [-0.2, -0.15) is 26.3 Å². The number of carbonyl (C=O) groups is 2. The molecule has 0 aromatic rings. The van der Waals surface area contributed by atoms with Crippen molar-refractivity contribution in [2.24, 2.45) is 5.41 Å². The molecule has 0 aromatic carbocycles. The third-order valence-corrected chi connectivity index (χ3v) is 4.51. The molecule has 4 nitrogen and oxygen atoms in total. The summed E-state index contributed by atoms with van der Waals surface area (Å²) in [6.07, 6.45) is -3.77. The molecule has 0 unspecified atom stereocenters. The number of rotatable bonds is 13. The molecule has 29 heavy (non-hydrogen) atoms. The topological polar surface area (TPSA) is 52.6 Å². The fraction of sp³-hybridized carbons (Fsp3) is 0.882. The molecular formula is C17H24F8O4. The lowest BCUT2D eigenvalue weighted by Crippen LogP contribution is -2.59. The number of alkyl halides is 8. The highest BCUT2D eigenvalue weighted by Gasteiger charge is 2.75. The molecule has 0 radical (unpaired) electrons. The summed E-state index contributed by atoms with van der Waals surface area (Å²) in [5.74, 6) is -21.5. The lowest BCUT2D eigenvalue weighted by Gasteiger charge is -2.33. The Hall–Kier alpha value is -1.62. The molecule has 0 saturated heterocycles. The van der Waals surface area contributed by atoms with Crippen molar-refractivity contribution in [2.75, 3.05) is 13.2 Å². The molecule has 0 amide bonds. The predicted octanol–water partition coefficient (Wildman–Crippen LogP) is 5.24. The van der Waals surface area contributed by atoms with Crippen LogP contribution in [-0.2, 0) is 19.1 Å². The Kier molecular flexibility index (Phi) is 9.84. The monoisotopic (exact) mass is 444 g/mol. The van der Waals surface area contributed by atoms with Gasteiger partial charge in [0, 0.05) is 0 Å². The maximum Gasteiger partial charge on any atom is 0.381 e. The van der Waals surface area contributed by atoms with E-state index in [9.17, 15) is 44.7 Å². The highest BCUT2D eigenvalue weighted by Crippen LogP contribution is 2.48. The van der Waals surface area contributed by atoms with Crippen LogP contribution in [0.3, 0.4) is 0 Å². The molecule has 0 aliphatic heterocycles. The van der Waals surface area contributed by atoms with Gasteiger partial charge in [-0.1, -0.05) is 33.6 Å². The van der Waals surface area contributed by atoms with Gasteiger partial charge in [0.05, 0.1) is 6.61 Å². The largest absolute Gasteiger partial charge is 0.465 e. The first-order valence-corrected chi connectivity index (χ1v) is 8.93. The number of halogens is 8. The summed E-state index contributed by atoms with van der Waals surface area (Å²) in [4.78, 5) is 24.4. The van der Waals surface area contributed by atoms with Crippen LogP contribution in [-0.4, -0.2) is 49.3 Å². The maximum atomic E-state index is 13.5. The molecule has 12 heteroatoms. The molecule has 172 valence electrons. The van der Waals surface area contributed by atoms with E-state index in [0.29, 0.717) is 12.8 Å². The number of ether oxygens (including phenoxy) is 2. The zero-order valence-corrected chi connectivity index (χ0v) is 16.2. The van der Waals surface area contributed by atoms with Gasteiger partial charge in [0.15, 0.2) is 12.0 Å². The van der Waals surface area contributed by atoms with E-state index in [4.69, 9.17) is 4.74 Å². The summed E-state index contributed by atoms with van der Waals surface area (Å²) in [5, 5.41) is 0. The van der Waals surface area contributed by atoms with E-state index < -0.39 is 48.2 Å². The van der Waals surface area contributed by atoms with Gasteiger partial charge >= 0.3 is 36.1 Å². The quantitative estimate of drug-likeness (QED) is 0.169. The van der Waals surface area contributed by atoms with Crippen LogP contribution in [0.2, 0.25) is 0 Å². The third-order valence-electron chi connectivity index (χ3n) is 4.51. The molecule has 0 fully saturated rings. The van der Waals surface area contributed by atoms with Crippen molar-refractivity contribution >= 4 is 11.9 Å². The smallest absolute Gasteiger partial charge is 0.381 e. The summed E-state index contributed by atoms with van der Waals surface area (Å²) < 4.78 is 112. The molecular weight excluding hydrogens is 420 g/mol. The van der Waals surface area contributed by atoms with Gasteiger partial charge < -0.3 is 9.47 Å². The third kappa shape index (κ3) is 5.71. The minimum Gasteiger partial charge on any atom is -0.465 e. The van der Waals surface area contributed by atoms with Gasteiger partial charge in [-0.05, 0) is 19.3 Å². The second-order valence-electron chi connectivity index (χ2n) is 6.41. The Morgan fingerprint density at radius 2 is 1.31 bits per heavy atom. The molecule has 0 rings (SSSR count). The number of hydrogen-bond donors (Lipinski definition) is 0. The molecule has 0 N–H and O–H groups in total. The fourth-order valence-corrected chi connectivity index (χ4v) is 2.33. The average Bonchev–Trinajstić information content (AvgIpc) is 2.64. The highest BCUT2D eigenvalue weighted by molar-refractivity contribution is 6.00. The van der Waals surface area contributed by atoms with E-state index in [-0.39, 0.29) is 19.4 Å². The van der Waals surface area contributed by atoms with Crippen LogP contribution in [0.25, 0.3) is 0 Å². The van der Waals surface area contributed by atoms with E-state index in [1.54, 1.807) is 0 Å². The molecule has 0 saturated carbocycles. The van der Waals surface area contributed by atoms with Crippen molar-refractivity contribution in [3.05, 3.63) is 0 Å². The van der Waals surface area contributed by atoms with Crippen LogP contribution < -0.4 is 0 Å². The average molecular weight is 444 g/mol. The number of carbonyl (C=O) groups excluding carboxylic acids is 2. The first-order chi connectivity index (χ1) is 13.2. The van der Waals surface area contributed by atoms with Gasteiger partial charge in [0.25, 0.3) is 0 Å². The van der Waals surface area contributed by atoms with E-state index in [1.807, 2.05) is 6.92 Å². The number of hydrogen-bond acceptors (Lipinski definition) is 4. The molecule has 0 atom stereocenters. The van der Waals surface area contributed by atoms with Crippen molar-refractivity contribution in [3.8, 4) is 0 Å². The lowest BCUT2D eigenvalue weighted by atomic mass is 9.82. The molecule has 0 aromatic heterocycles. The number of unbranched alkanes of at least 4 members (excludes halogenated alkanes) is 2. The van der Waals surface area contributed by atoms with Crippen LogP contribution in [0.15, 0.2) is 0 Å². The van der Waals surface area contributed by atoms with E-state index in [1.165, 1.54) is 13.8 Å². The van der Waals surface area contributed by atoms with Gasteiger partial charge in [-0.15, -0.1) is 0 Å². The summed E-state index contributed by atoms with van der Waals surface area (Å²) in [5.41, 5.74) is -2.12. The minimum absolute atomic E-state index is 0.0868. The first kappa shape index (κ1) is 27.4. The van der Waals surface area contributed by atoms with Crippen molar-refractivity contribution in [1.29, 1.82) is 0 Å². The van der Waals surface area contributed by atoms with Gasteiger partial charge in [-0.25, -0.2) is 8.78 Å². The van der Waals surface area contributed by atoms with Crippen LogP contribution in [0.5, 0.6) is 0 Å². The Morgan fingerprint density at radius 3 is 1.72 bits per heavy atom. The summed E-state index contributed by atoms with van der Waals surface area (Å²) in [7, 11) is 0. The Bertz CT molecular complexity index is 548. The SMILES string of the molecule is CCCCCOC(=O)C(CC)(CC)C(=O)OCC(F)(F)C(F)(F)C(F)(F)C(F)F. The Morgan fingerprint density at radius 1 is 0.828 bits per heavy atom. The Balaban J connectivity index is 5.36. The van der Waals surface area contributed by atoms with Crippen LogP contribution in [0, 0.1) is 5.41 Å². The summed E-state index contributed by atoms with van der Waals surface area (Å²) >= 11 is 0. The number of esters is 2. The minimum atomic E-state index is -6.50. The molecule has 0 spiro atoms. The zero-order chi connectivity index (χ0) is 23.1. The van der Waals surface area contributed by atoms with Crippen LogP contribution in [0.1, 0.15) is 52.9 Å².